The molecule has 0 radical (unpaired) electrons. The van der Waals surface area contributed by atoms with Gasteiger partial charge in [0.1, 0.15) is 5.82 Å². The first-order valence-corrected chi connectivity index (χ1v) is 12.7. The van der Waals surface area contributed by atoms with Gasteiger partial charge < -0.3 is 9.80 Å². The van der Waals surface area contributed by atoms with Crippen molar-refractivity contribution in [1.82, 2.24) is 25.0 Å². The van der Waals surface area contributed by atoms with E-state index in [9.17, 15) is 0 Å². The molecule has 0 N–H and O–H groups in total. The summed E-state index contributed by atoms with van der Waals surface area (Å²) in [6, 6.07) is 16.6. The number of nitrogens with zero attached hydrogens (tertiary/aromatic N) is 7. The van der Waals surface area contributed by atoms with Gasteiger partial charge in [-0.1, -0.05) is 35.6 Å². The van der Waals surface area contributed by atoms with Crippen molar-refractivity contribution in [3.8, 4) is 15.6 Å². The number of thiophene rings is 1. The summed E-state index contributed by atoms with van der Waals surface area (Å²) < 4.78 is 1.96. The largest absolute Gasteiger partial charge is 0.353 e. The fourth-order valence-corrected chi connectivity index (χ4v) is 6.06. The molecule has 4 aromatic heterocycles. The Bertz CT molecular complexity index is 1400. The molecule has 0 bridgehead atoms. The fraction of sp³-hybridized carbons (Fsp3) is 0.250. The van der Waals surface area contributed by atoms with Crippen LogP contribution in [-0.4, -0.2) is 51.1 Å². The van der Waals surface area contributed by atoms with E-state index in [0.717, 1.165) is 64.6 Å². The molecule has 9 heteroatoms. The van der Waals surface area contributed by atoms with Crippen LogP contribution < -0.4 is 9.80 Å². The number of rotatable bonds is 4. The number of hydrogen-bond acceptors (Lipinski definition) is 8. The number of pyridine rings is 1. The van der Waals surface area contributed by atoms with Gasteiger partial charge in [-0.2, -0.15) is 5.10 Å². The maximum absolute atomic E-state index is 5.08. The fourth-order valence-electron chi connectivity index (χ4n) is 4.37. The van der Waals surface area contributed by atoms with Crippen molar-refractivity contribution >= 4 is 44.7 Å². The van der Waals surface area contributed by atoms with Gasteiger partial charge in [0.2, 0.25) is 5.13 Å². The van der Waals surface area contributed by atoms with Gasteiger partial charge in [0.05, 0.1) is 16.3 Å². The molecule has 0 unspecified atom stereocenters. The van der Waals surface area contributed by atoms with E-state index in [1.54, 1.807) is 22.7 Å². The number of anilines is 2. The minimum atomic E-state index is 0.893. The topological polar surface area (TPSA) is 63.0 Å². The smallest absolute Gasteiger partial charge is 0.208 e. The van der Waals surface area contributed by atoms with Gasteiger partial charge in [-0.3, -0.25) is 0 Å². The average Bonchev–Trinajstić information content (AvgIpc) is 3.60. The van der Waals surface area contributed by atoms with Gasteiger partial charge in [-0.05, 0) is 49.1 Å². The zero-order valence-corrected chi connectivity index (χ0v) is 20.1. The Morgan fingerprint density at radius 1 is 0.879 bits per heavy atom. The van der Waals surface area contributed by atoms with E-state index < -0.39 is 0 Å². The zero-order valence-electron chi connectivity index (χ0n) is 18.5. The number of aryl methyl sites for hydroxylation is 2. The van der Waals surface area contributed by atoms with Crippen LogP contribution in [0.25, 0.3) is 26.6 Å². The van der Waals surface area contributed by atoms with E-state index in [1.165, 1.54) is 10.4 Å². The molecule has 1 aliphatic heterocycles. The van der Waals surface area contributed by atoms with Crippen LogP contribution in [0, 0.1) is 13.8 Å². The van der Waals surface area contributed by atoms with Crippen molar-refractivity contribution in [3.05, 3.63) is 65.2 Å². The summed E-state index contributed by atoms with van der Waals surface area (Å²) in [5.41, 5.74) is 4.16. The van der Waals surface area contributed by atoms with Gasteiger partial charge >= 0.3 is 0 Å². The number of piperazine rings is 1. The van der Waals surface area contributed by atoms with Crippen LogP contribution in [0.4, 0.5) is 10.9 Å². The van der Waals surface area contributed by atoms with Crippen molar-refractivity contribution in [3.63, 3.8) is 0 Å². The lowest BCUT2D eigenvalue weighted by Crippen LogP contribution is -2.46. The lowest BCUT2D eigenvalue weighted by atomic mass is 10.1. The Kier molecular flexibility index (Phi) is 5.07. The molecular formula is C24H23N7S2. The van der Waals surface area contributed by atoms with Crippen LogP contribution in [-0.2, 0) is 0 Å². The summed E-state index contributed by atoms with van der Waals surface area (Å²) in [5.74, 6) is 1.01. The first kappa shape index (κ1) is 20.3. The molecule has 7 nitrogen and oxygen atoms in total. The number of aromatic nitrogens is 5. The van der Waals surface area contributed by atoms with E-state index in [1.807, 2.05) is 22.9 Å². The average molecular weight is 474 g/mol. The van der Waals surface area contributed by atoms with Gasteiger partial charge in [-0.15, -0.1) is 21.5 Å². The Balaban J connectivity index is 1.25. The van der Waals surface area contributed by atoms with Crippen molar-refractivity contribution in [1.29, 1.82) is 0 Å². The molecule has 166 valence electrons. The number of fused-ring (bicyclic) bond motifs is 1. The molecule has 1 saturated heterocycles. The molecule has 0 saturated carbocycles. The zero-order chi connectivity index (χ0) is 22.4. The second-order valence-corrected chi connectivity index (χ2v) is 10.1. The summed E-state index contributed by atoms with van der Waals surface area (Å²) >= 11 is 3.37. The molecule has 0 spiro atoms. The highest BCUT2D eigenvalue weighted by Gasteiger charge is 2.23. The van der Waals surface area contributed by atoms with Crippen molar-refractivity contribution < 1.29 is 0 Å². The molecule has 33 heavy (non-hydrogen) atoms. The third kappa shape index (κ3) is 3.67. The van der Waals surface area contributed by atoms with E-state index in [0.29, 0.717) is 0 Å². The Labute approximate surface area is 200 Å². The van der Waals surface area contributed by atoms with Crippen LogP contribution >= 0.6 is 22.7 Å². The van der Waals surface area contributed by atoms with E-state index in [-0.39, 0.29) is 0 Å². The normalized spacial score (nSPS) is 14.4. The van der Waals surface area contributed by atoms with E-state index in [2.05, 4.69) is 69.6 Å². The molecule has 0 amide bonds. The van der Waals surface area contributed by atoms with Gasteiger partial charge in [-0.25, -0.2) is 9.67 Å². The maximum Gasteiger partial charge on any atom is 0.208 e. The Morgan fingerprint density at radius 3 is 2.42 bits per heavy atom. The summed E-state index contributed by atoms with van der Waals surface area (Å²) in [6.07, 6.45) is 0. The molecule has 0 aliphatic carbocycles. The Morgan fingerprint density at radius 2 is 1.67 bits per heavy atom. The second-order valence-electron chi connectivity index (χ2n) is 8.17. The molecule has 1 aromatic carbocycles. The SMILES string of the molecule is Cc1cc(N2CCN(c3nnc(-c4cccs4)s3)CC2)nc2c1c(C)nn2-c1ccccc1. The number of para-hydroxylation sites is 1. The van der Waals surface area contributed by atoms with E-state index >= 15 is 0 Å². The minimum absolute atomic E-state index is 0.893. The van der Waals surface area contributed by atoms with Crippen LogP contribution in [0.1, 0.15) is 11.3 Å². The number of benzene rings is 1. The van der Waals surface area contributed by atoms with Gasteiger partial charge in [0.15, 0.2) is 10.7 Å². The predicted molar refractivity (Wildman–Crippen MR) is 136 cm³/mol. The first-order chi connectivity index (χ1) is 16.2. The summed E-state index contributed by atoms with van der Waals surface area (Å²) in [7, 11) is 0. The molecule has 1 aliphatic rings. The monoisotopic (exact) mass is 473 g/mol. The molecular weight excluding hydrogens is 450 g/mol. The quantitative estimate of drug-likeness (QED) is 0.368. The summed E-state index contributed by atoms with van der Waals surface area (Å²) in [4.78, 5) is 10.9. The van der Waals surface area contributed by atoms with E-state index in [4.69, 9.17) is 10.1 Å². The number of hydrogen-bond donors (Lipinski definition) is 0. The van der Waals surface area contributed by atoms with Crippen LogP contribution in [0.15, 0.2) is 53.9 Å². The van der Waals surface area contributed by atoms with Gasteiger partial charge in [0.25, 0.3) is 0 Å². The third-order valence-electron chi connectivity index (χ3n) is 6.02. The highest BCUT2D eigenvalue weighted by atomic mass is 32.1. The third-order valence-corrected chi connectivity index (χ3v) is 8.04. The molecule has 6 rings (SSSR count). The predicted octanol–water partition coefficient (Wildman–Crippen LogP) is 4.94. The highest BCUT2D eigenvalue weighted by Crippen LogP contribution is 2.33. The van der Waals surface area contributed by atoms with Crippen molar-refractivity contribution in [2.45, 2.75) is 13.8 Å². The lowest BCUT2D eigenvalue weighted by Gasteiger charge is -2.35. The van der Waals surface area contributed by atoms with Crippen LogP contribution in [0.2, 0.25) is 0 Å². The Hall–Kier alpha value is -3.30. The standard InChI is InChI=1S/C24H23N7S2/c1-16-15-20(25-22-21(16)17(2)28-31(22)18-7-4-3-5-8-18)29-10-12-30(13-11-29)24-27-26-23(33-24)19-9-6-14-32-19/h3-9,14-15H,10-13H2,1-2H3. The first-order valence-electron chi connectivity index (χ1n) is 11.0. The summed E-state index contributed by atoms with van der Waals surface area (Å²) in [6.45, 7) is 7.79. The minimum Gasteiger partial charge on any atom is -0.353 e. The van der Waals surface area contributed by atoms with Crippen LogP contribution in [0.3, 0.4) is 0 Å². The maximum atomic E-state index is 5.08. The summed E-state index contributed by atoms with van der Waals surface area (Å²) in [5, 5.41) is 18.8. The lowest BCUT2D eigenvalue weighted by molar-refractivity contribution is 0.644. The molecule has 5 aromatic rings. The molecule has 0 atom stereocenters. The molecule has 5 heterocycles. The van der Waals surface area contributed by atoms with Crippen LogP contribution in [0.5, 0.6) is 0 Å². The highest BCUT2D eigenvalue weighted by molar-refractivity contribution is 7.22. The second kappa shape index (κ2) is 8.24. The molecule has 1 fully saturated rings. The van der Waals surface area contributed by atoms with Crippen molar-refractivity contribution in [2.75, 3.05) is 36.0 Å². The van der Waals surface area contributed by atoms with Gasteiger partial charge in [0, 0.05) is 31.6 Å². The van der Waals surface area contributed by atoms with Crippen molar-refractivity contribution in [2.24, 2.45) is 0 Å².